The standard InChI is InChI=1S/C14H26N2/c1-11(2)16-12(3)10-14(13(16)4)8-6-7-9-15-5/h10-11,15H,6-9H2,1-5H3. The fourth-order valence-corrected chi connectivity index (χ4v) is 2.51. The predicted octanol–water partition coefficient (Wildman–Crippen LogP) is 3.23. The summed E-state index contributed by atoms with van der Waals surface area (Å²) >= 11 is 0. The molecule has 0 aromatic carbocycles. The van der Waals surface area contributed by atoms with E-state index < -0.39 is 0 Å². The van der Waals surface area contributed by atoms with E-state index in [1.807, 2.05) is 7.05 Å². The van der Waals surface area contributed by atoms with E-state index >= 15 is 0 Å². The molecule has 0 spiro atoms. The van der Waals surface area contributed by atoms with E-state index in [1.54, 1.807) is 0 Å². The Bertz CT molecular complexity index is 324. The van der Waals surface area contributed by atoms with Crippen LogP contribution in [0.15, 0.2) is 6.07 Å². The highest BCUT2D eigenvalue weighted by Gasteiger charge is 2.10. The number of nitrogens with one attached hydrogen (secondary N) is 1. The molecule has 1 rings (SSSR count). The van der Waals surface area contributed by atoms with Gasteiger partial charge in [0.05, 0.1) is 0 Å². The van der Waals surface area contributed by atoms with Crippen LogP contribution >= 0.6 is 0 Å². The maximum absolute atomic E-state index is 3.20. The molecule has 0 bridgehead atoms. The van der Waals surface area contributed by atoms with Gasteiger partial charge in [0.15, 0.2) is 0 Å². The van der Waals surface area contributed by atoms with Gasteiger partial charge in [0.1, 0.15) is 0 Å². The normalized spacial score (nSPS) is 11.4. The van der Waals surface area contributed by atoms with E-state index in [0.717, 1.165) is 6.54 Å². The molecule has 1 aromatic rings. The SMILES string of the molecule is CNCCCCc1cc(C)n(C(C)C)c1C. The Hall–Kier alpha value is -0.760. The van der Waals surface area contributed by atoms with Crippen molar-refractivity contribution in [1.29, 1.82) is 0 Å². The van der Waals surface area contributed by atoms with E-state index in [9.17, 15) is 0 Å². The summed E-state index contributed by atoms with van der Waals surface area (Å²) in [5.41, 5.74) is 4.38. The van der Waals surface area contributed by atoms with Crippen LogP contribution in [0.1, 0.15) is 49.7 Å². The summed E-state index contributed by atoms with van der Waals surface area (Å²) < 4.78 is 2.44. The van der Waals surface area contributed by atoms with Crippen molar-refractivity contribution in [2.24, 2.45) is 0 Å². The van der Waals surface area contributed by atoms with E-state index in [4.69, 9.17) is 0 Å². The number of aromatic nitrogens is 1. The van der Waals surface area contributed by atoms with Crippen LogP contribution in [0.2, 0.25) is 0 Å². The van der Waals surface area contributed by atoms with Crippen molar-refractivity contribution >= 4 is 0 Å². The van der Waals surface area contributed by atoms with Crippen LogP contribution in [0, 0.1) is 13.8 Å². The highest BCUT2D eigenvalue weighted by atomic mass is 15.0. The van der Waals surface area contributed by atoms with Gasteiger partial charge in [-0.05, 0) is 72.2 Å². The molecule has 2 nitrogen and oxygen atoms in total. The van der Waals surface area contributed by atoms with Crippen LogP contribution in [0.4, 0.5) is 0 Å². The van der Waals surface area contributed by atoms with Crippen LogP contribution in [-0.2, 0) is 6.42 Å². The van der Waals surface area contributed by atoms with Crippen LogP contribution in [0.3, 0.4) is 0 Å². The zero-order valence-corrected chi connectivity index (χ0v) is 11.4. The Kier molecular flexibility index (Phi) is 5.07. The first-order chi connectivity index (χ1) is 7.57. The molecule has 2 heteroatoms. The van der Waals surface area contributed by atoms with Gasteiger partial charge in [-0.1, -0.05) is 0 Å². The van der Waals surface area contributed by atoms with Crippen molar-refractivity contribution in [1.82, 2.24) is 9.88 Å². The Morgan fingerprint density at radius 2 is 1.94 bits per heavy atom. The molecule has 0 saturated heterocycles. The lowest BCUT2D eigenvalue weighted by Gasteiger charge is -2.13. The number of rotatable bonds is 6. The van der Waals surface area contributed by atoms with Crippen LogP contribution in [0.5, 0.6) is 0 Å². The molecular formula is C14H26N2. The highest BCUT2D eigenvalue weighted by Crippen LogP contribution is 2.21. The highest BCUT2D eigenvalue weighted by molar-refractivity contribution is 5.27. The lowest BCUT2D eigenvalue weighted by molar-refractivity contribution is 0.571. The summed E-state index contributed by atoms with van der Waals surface area (Å²) in [5.74, 6) is 0. The smallest absolute Gasteiger partial charge is 0.0279 e. The molecule has 0 saturated carbocycles. The molecule has 0 aliphatic heterocycles. The maximum atomic E-state index is 3.20. The summed E-state index contributed by atoms with van der Waals surface area (Å²) in [6.07, 6.45) is 3.76. The quantitative estimate of drug-likeness (QED) is 0.731. The molecule has 1 aromatic heterocycles. The molecule has 0 unspecified atom stereocenters. The van der Waals surface area contributed by atoms with Gasteiger partial charge in [-0.2, -0.15) is 0 Å². The fraction of sp³-hybridized carbons (Fsp3) is 0.714. The maximum Gasteiger partial charge on any atom is 0.0279 e. The molecule has 0 atom stereocenters. The third-order valence-electron chi connectivity index (χ3n) is 3.23. The summed E-state index contributed by atoms with van der Waals surface area (Å²) in [6, 6.07) is 2.93. The zero-order valence-electron chi connectivity index (χ0n) is 11.4. The minimum absolute atomic E-state index is 0.575. The average Bonchev–Trinajstić information content (AvgIpc) is 2.49. The van der Waals surface area contributed by atoms with Crippen LogP contribution in [0.25, 0.3) is 0 Å². The second-order valence-electron chi connectivity index (χ2n) is 4.92. The summed E-state index contributed by atoms with van der Waals surface area (Å²) in [5, 5.41) is 3.20. The van der Waals surface area contributed by atoms with Crippen molar-refractivity contribution in [3.8, 4) is 0 Å². The third kappa shape index (κ3) is 3.11. The third-order valence-corrected chi connectivity index (χ3v) is 3.23. The van der Waals surface area contributed by atoms with Gasteiger partial charge >= 0.3 is 0 Å². The Labute approximate surface area is 100 Å². The van der Waals surface area contributed by atoms with Crippen LogP contribution < -0.4 is 5.32 Å². The zero-order chi connectivity index (χ0) is 12.1. The van der Waals surface area contributed by atoms with Gasteiger partial charge in [-0.15, -0.1) is 0 Å². The molecule has 0 radical (unpaired) electrons. The lowest BCUT2D eigenvalue weighted by atomic mass is 10.1. The monoisotopic (exact) mass is 222 g/mol. The molecule has 16 heavy (non-hydrogen) atoms. The molecule has 1 heterocycles. The number of nitrogens with zero attached hydrogens (tertiary/aromatic N) is 1. The molecule has 0 aliphatic rings. The van der Waals surface area contributed by atoms with E-state index in [0.29, 0.717) is 6.04 Å². The Balaban J connectivity index is 2.64. The van der Waals surface area contributed by atoms with Gasteiger partial charge in [0, 0.05) is 17.4 Å². The first-order valence-electron chi connectivity index (χ1n) is 6.39. The van der Waals surface area contributed by atoms with Crippen molar-refractivity contribution in [2.45, 2.75) is 53.0 Å². The minimum atomic E-state index is 0.575. The van der Waals surface area contributed by atoms with Crippen molar-refractivity contribution in [3.63, 3.8) is 0 Å². The second-order valence-corrected chi connectivity index (χ2v) is 4.92. The molecule has 92 valence electrons. The largest absolute Gasteiger partial charge is 0.346 e. The second kappa shape index (κ2) is 6.09. The van der Waals surface area contributed by atoms with E-state index in [2.05, 4.69) is 43.6 Å². The first kappa shape index (κ1) is 13.3. The van der Waals surface area contributed by atoms with Gasteiger partial charge < -0.3 is 9.88 Å². The number of hydrogen-bond acceptors (Lipinski definition) is 1. The van der Waals surface area contributed by atoms with Crippen LogP contribution in [-0.4, -0.2) is 18.2 Å². The van der Waals surface area contributed by atoms with E-state index in [-0.39, 0.29) is 0 Å². The van der Waals surface area contributed by atoms with E-state index in [1.165, 1.54) is 36.2 Å². The number of unbranched alkanes of at least 4 members (excludes halogenated alkanes) is 1. The average molecular weight is 222 g/mol. The van der Waals surface area contributed by atoms with Crippen molar-refractivity contribution < 1.29 is 0 Å². The first-order valence-corrected chi connectivity index (χ1v) is 6.39. The molecule has 0 fully saturated rings. The molecular weight excluding hydrogens is 196 g/mol. The van der Waals surface area contributed by atoms with Gasteiger partial charge in [-0.25, -0.2) is 0 Å². The fourth-order valence-electron chi connectivity index (χ4n) is 2.51. The number of aryl methyl sites for hydroxylation is 2. The van der Waals surface area contributed by atoms with Crippen molar-refractivity contribution in [3.05, 3.63) is 23.0 Å². The molecule has 0 amide bonds. The summed E-state index contributed by atoms with van der Waals surface area (Å²) in [7, 11) is 2.02. The molecule has 0 aliphatic carbocycles. The Morgan fingerprint density at radius 1 is 1.25 bits per heavy atom. The van der Waals surface area contributed by atoms with Gasteiger partial charge in [0.2, 0.25) is 0 Å². The van der Waals surface area contributed by atoms with Crippen molar-refractivity contribution in [2.75, 3.05) is 13.6 Å². The predicted molar refractivity (Wildman–Crippen MR) is 71.2 cm³/mol. The summed E-state index contributed by atoms with van der Waals surface area (Å²) in [6.45, 7) is 10.1. The minimum Gasteiger partial charge on any atom is -0.346 e. The topological polar surface area (TPSA) is 17.0 Å². The molecule has 1 N–H and O–H groups in total. The number of hydrogen-bond donors (Lipinski definition) is 1. The van der Waals surface area contributed by atoms with Gasteiger partial charge in [0.25, 0.3) is 0 Å². The Morgan fingerprint density at radius 3 is 2.44 bits per heavy atom. The lowest BCUT2D eigenvalue weighted by Crippen LogP contribution is -2.08. The summed E-state index contributed by atoms with van der Waals surface area (Å²) in [4.78, 5) is 0. The van der Waals surface area contributed by atoms with Gasteiger partial charge in [-0.3, -0.25) is 0 Å².